The molecule has 0 unspecified atom stereocenters. The van der Waals surface area contributed by atoms with E-state index in [0.717, 1.165) is 10.4 Å². The summed E-state index contributed by atoms with van der Waals surface area (Å²) in [6, 6.07) is 4.33. The number of hydrogen-bond donors (Lipinski definition) is 1. The van der Waals surface area contributed by atoms with Crippen LogP contribution in [0.2, 0.25) is 0 Å². The van der Waals surface area contributed by atoms with Crippen LogP contribution in [-0.2, 0) is 20.9 Å². The number of benzene rings is 1. The Labute approximate surface area is 141 Å². The molecule has 5 atom stereocenters. The SMILES string of the molecule is N#Cc1ccc(N2C[C@@H]3[C@@H]([C@@H]4O[C@H]3C[C@H]4O)S2(=O)=O)cc1C(F)(F)F. The van der Waals surface area contributed by atoms with Crippen molar-refractivity contribution in [3.63, 3.8) is 0 Å². The van der Waals surface area contributed by atoms with Crippen LogP contribution in [0.25, 0.3) is 0 Å². The van der Waals surface area contributed by atoms with Crippen molar-refractivity contribution in [2.45, 2.75) is 36.2 Å². The van der Waals surface area contributed by atoms with Gasteiger partial charge in [0.25, 0.3) is 0 Å². The molecular weight excluding hydrogens is 361 g/mol. The molecular formula is C15H13F3N2O4S. The minimum atomic E-state index is -4.77. The topological polar surface area (TPSA) is 90.6 Å². The Morgan fingerprint density at radius 1 is 1.36 bits per heavy atom. The molecule has 3 heterocycles. The maximum atomic E-state index is 13.1. The highest BCUT2D eigenvalue weighted by molar-refractivity contribution is 7.93. The Kier molecular flexibility index (Phi) is 3.39. The molecule has 10 heteroatoms. The van der Waals surface area contributed by atoms with Gasteiger partial charge in [0.05, 0.1) is 35.1 Å². The molecule has 3 aliphatic heterocycles. The minimum Gasteiger partial charge on any atom is -0.390 e. The molecule has 0 aliphatic carbocycles. The lowest BCUT2D eigenvalue weighted by Gasteiger charge is -2.23. The molecule has 1 N–H and O–H groups in total. The van der Waals surface area contributed by atoms with Crippen LogP contribution in [0, 0.1) is 17.2 Å². The number of fused-ring (bicyclic) bond motifs is 5. The fraction of sp³-hybridized carbons (Fsp3) is 0.533. The van der Waals surface area contributed by atoms with E-state index in [0.29, 0.717) is 12.5 Å². The summed E-state index contributed by atoms with van der Waals surface area (Å²) < 4.78 is 71.5. The van der Waals surface area contributed by atoms with Crippen LogP contribution in [0.5, 0.6) is 0 Å². The zero-order chi connectivity index (χ0) is 18.1. The number of ether oxygens (including phenoxy) is 1. The number of nitrogens with zero attached hydrogens (tertiary/aromatic N) is 2. The van der Waals surface area contributed by atoms with Crippen LogP contribution >= 0.6 is 0 Å². The summed E-state index contributed by atoms with van der Waals surface area (Å²) in [7, 11) is -3.97. The van der Waals surface area contributed by atoms with Crippen molar-refractivity contribution in [2.75, 3.05) is 10.8 Å². The molecule has 1 aromatic carbocycles. The maximum absolute atomic E-state index is 13.1. The monoisotopic (exact) mass is 374 g/mol. The Hall–Kier alpha value is -1.83. The van der Waals surface area contributed by atoms with Crippen LogP contribution in [0.3, 0.4) is 0 Å². The Balaban J connectivity index is 1.76. The van der Waals surface area contributed by atoms with E-state index < -0.39 is 50.9 Å². The number of rotatable bonds is 1. The molecule has 3 saturated heterocycles. The first-order chi connectivity index (χ1) is 11.6. The van der Waals surface area contributed by atoms with Crippen molar-refractivity contribution in [1.29, 1.82) is 5.26 Å². The molecule has 0 aromatic heterocycles. The van der Waals surface area contributed by atoms with E-state index in [-0.39, 0.29) is 18.2 Å². The second-order valence-electron chi connectivity index (χ2n) is 6.49. The standard InChI is InChI=1S/C15H13F3N2O4S/c16-15(17,18)10-3-8(2-1-7(10)5-19)20-6-9-12-4-11(21)13(24-12)14(9)25(20,22)23/h1-3,9,11-14,21H,4,6H2/t9-,11+,12-,13+,14-/m0/s1. The van der Waals surface area contributed by atoms with Gasteiger partial charge in [-0.1, -0.05) is 0 Å². The van der Waals surface area contributed by atoms with Gasteiger partial charge in [-0.15, -0.1) is 0 Å². The minimum absolute atomic E-state index is 0.00405. The molecule has 3 fully saturated rings. The van der Waals surface area contributed by atoms with Crippen LogP contribution in [0.15, 0.2) is 18.2 Å². The molecule has 2 bridgehead atoms. The summed E-state index contributed by atoms with van der Waals surface area (Å²) >= 11 is 0. The Bertz CT molecular complexity index is 880. The number of aliphatic hydroxyl groups excluding tert-OH is 1. The average molecular weight is 374 g/mol. The normalized spacial score (nSPS) is 35.6. The van der Waals surface area contributed by atoms with Crippen molar-refractivity contribution in [3.8, 4) is 6.07 Å². The van der Waals surface area contributed by atoms with E-state index in [4.69, 9.17) is 10.00 Å². The first-order valence-electron chi connectivity index (χ1n) is 7.61. The fourth-order valence-electron chi connectivity index (χ4n) is 4.07. The van der Waals surface area contributed by atoms with E-state index in [2.05, 4.69) is 0 Å². The lowest BCUT2D eigenvalue weighted by Crippen LogP contribution is -2.42. The number of hydrogen-bond acceptors (Lipinski definition) is 5. The van der Waals surface area contributed by atoms with Gasteiger partial charge in [-0.2, -0.15) is 18.4 Å². The quantitative estimate of drug-likeness (QED) is 0.799. The molecule has 0 radical (unpaired) electrons. The van der Waals surface area contributed by atoms with Crippen LogP contribution < -0.4 is 4.31 Å². The largest absolute Gasteiger partial charge is 0.417 e. The fourth-order valence-corrected chi connectivity index (χ4v) is 6.44. The van der Waals surface area contributed by atoms with E-state index in [1.165, 1.54) is 12.1 Å². The molecule has 134 valence electrons. The molecule has 0 spiro atoms. The zero-order valence-corrected chi connectivity index (χ0v) is 13.5. The van der Waals surface area contributed by atoms with Crippen molar-refractivity contribution in [2.24, 2.45) is 5.92 Å². The number of halogens is 3. The van der Waals surface area contributed by atoms with Crippen molar-refractivity contribution < 1.29 is 31.4 Å². The van der Waals surface area contributed by atoms with Gasteiger partial charge in [-0.3, -0.25) is 4.31 Å². The Morgan fingerprint density at radius 3 is 2.72 bits per heavy atom. The van der Waals surface area contributed by atoms with Gasteiger partial charge in [0.15, 0.2) is 0 Å². The molecule has 4 rings (SSSR count). The molecule has 25 heavy (non-hydrogen) atoms. The zero-order valence-electron chi connectivity index (χ0n) is 12.6. The second kappa shape index (κ2) is 5.09. The van der Waals surface area contributed by atoms with Gasteiger partial charge in [-0.25, -0.2) is 8.42 Å². The highest BCUT2D eigenvalue weighted by Gasteiger charge is 2.64. The highest BCUT2D eigenvalue weighted by atomic mass is 32.2. The van der Waals surface area contributed by atoms with E-state index in [9.17, 15) is 26.7 Å². The van der Waals surface area contributed by atoms with Gasteiger partial charge in [0.2, 0.25) is 10.0 Å². The smallest absolute Gasteiger partial charge is 0.390 e. The molecule has 0 amide bonds. The summed E-state index contributed by atoms with van der Waals surface area (Å²) in [5, 5.41) is 17.8. The lowest BCUT2D eigenvalue weighted by molar-refractivity contribution is -0.137. The third kappa shape index (κ3) is 2.26. The average Bonchev–Trinajstić information content (AvgIpc) is 3.15. The van der Waals surface area contributed by atoms with Crippen LogP contribution in [0.4, 0.5) is 18.9 Å². The summed E-state index contributed by atoms with van der Waals surface area (Å²) in [4.78, 5) is 0. The lowest BCUT2D eigenvalue weighted by atomic mass is 9.87. The molecule has 0 saturated carbocycles. The second-order valence-corrected chi connectivity index (χ2v) is 8.50. The first kappa shape index (κ1) is 16.6. The number of alkyl halides is 3. The van der Waals surface area contributed by atoms with Crippen LogP contribution in [0.1, 0.15) is 17.5 Å². The molecule has 3 aliphatic rings. The number of sulfonamides is 1. The predicted molar refractivity (Wildman–Crippen MR) is 79.0 cm³/mol. The van der Waals surface area contributed by atoms with Gasteiger partial charge in [-0.05, 0) is 18.2 Å². The van der Waals surface area contributed by atoms with Gasteiger partial charge in [0.1, 0.15) is 11.4 Å². The predicted octanol–water partition coefficient (Wildman–Crippen LogP) is 1.24. The molecule has 6 nitrogen and oxygen atoms in total. The number of aliphatic hydroxyl groups is 1. The van der Waals surface area contributed by atoms with E-state index in [1.54, 1.807) is 0 Å². The molecule has 1 aromatic rings. The van der Waals surface area contributed by atoms with E-state index in [1.807, 2.05) is 0 Å². The Morgan fingerprint density at radius 2 is 2.08 bits per heavy atom. The van der Waals surface area contributed by atoms with Gasteiger partial charge < -0.3 is 9.84 Å². The van der Waals surface area contributed by atoms with Crippen LogP contribution in [-0.4, -0.2) is 43.6 Å². The summed E-state index contributed by atoms with van der Waals surface area (Å²) in [6.07, 6.45) is -6.57. The van der Waals surface area contributed by atoms with Crippen molar-refractivity contribution >= 4 is 15.7 Å². The number of nitriles is 1. The van der Waals surface area contributed by atoms with Gasteiger partial charge >= 0.3 is 6.18 Å². The van der Waals surface area contributed by atoms with Crippen molar-refractivity contribution in [3.05, 3.63) is 29.3 Å². The maximum Gasteiger partial charge on any atom is 0.417 e. The summed E-state index contributed by atoms with van der Waals surface area (Å²) in [6.45, 7) is 0.00405. The van der Waals surface area contributed by atoms with Gasteiger partial charge in [0, 0.05) is 18.9 Å². The first-order valence-corrected chi connectivity index (χ1v) is 9.11. The van der Waals surface area contributed by atoms with Crippen molar-refractivity contribution in [1.82, 2.24) is 0 Å². The number of anilines is 1. The summed E-state index contributed by atoms with van der Waals surface area (Å²) in [5.41, 5.74) is -1.86. The third-order valence-corrected chi connectivity index (χ3v) is 7.43. The third-order valence-electron chi connectivity index (χ3n) is 5.15. The summed E-state index contributed by atoms with van der Waals surface area (Å²) in [5.74, 6) is -0.386. The van der Waals surface area contributed by atoms with E-state index >= 15 is 0 Å². The highest BCUT2D eigenvalue weighted by Crippen LogP contribution is 2.49.